The van der Waals surface area contributed by atoms with Crippen LogP contribution < -0.4 is 5.73 Å². The molecule has 0 spiro atoms. The minimum absolute atomic E-state index is 0.289. The van der Waals surface area contributed by atoms with Gasteiger partial charge in [0, 0.05) is 5.57 Å². The maximum absolute atomic E-state index is 10.9. The number of amides is 1. The zero-order valence-corrected chi connectivity index (χ0v) is 16.0. The number of unbranched alkanes of at least 4 members (excludes halogenated alkanes) is 11. The van der Waals surface area contributed by atoms with Gasteiger partial charge in [-0.15, -0.1) is 0 Å². The van der Waals surface area contributed by atoms with Crippen molar-refractivity contribution < 1.29 is 4.79 Å². The fourth-order valence-corrected chi connectivity index (χ4v) is 2.93. The minimum Gasteiger partial charge on any atom is -0.366 e. The predicted octanol–water partition coefficient (Wildman–Crippen LogP) is 6.54. The van der Waals surface area contributed by atoms with E-state index in [9.17, 15) is 4.79 Å². The second kappa shape index (κ2) is 16.1. The fraction of sp³-hybridized carbons (Fsp3) is 0.857. The summed E-state index contributed by atoms with van der Waals surface area (Å²) in [5.41, 5.74) is 5.94. The Hall–Kier alpha value is -0.790. The molecular formula is C21H41NO. The fourth-order valence-electron chi connectivity index (χ4n) is 2.93. The molecule has 0 rings (SSSR count). The Morgan fingerprint density at radius 3 is 1.74 bits per heavy atom. The van der Waals surface area contributed by atoms with Gasteiger partial charge in [0.2, 0.25) is 5.91 Å². The Balaban J connectivity index is 3.29. The summed E-state index contributed by atoms with van der Waals surface area (Å²) in [6, 6.07) is 0. The van der Waals surface area contributed by atoms with Crippen molar-refractivity contribution in [3.05, 3.63) is 11.6 Å². The molecule has 0 bridgehead atoms. The van der Waals surface area contributed by atoms with Crippen molar-refractivity contribution in [3.8, 4) is 0 Å². The lowest BCUT2D eigenvalue weighted by Crippen LogP contribution is -2.11. The van der Waals surface area contributed by atoms with Crippen LogP contribution in [0.25, 0.3) is 0 Å². The standard InChI is InChI=1S/C21H41NO/c1-4-5-6-7-8-9-10-11-12-13-14-15-16-19(2)17-18-20(3)21(22)23/h18-19H,4-17H2,1-3H3,(H2,22,23)/b20-18+. The highest BCUT2D eigenvalue weighted by Crippen LogP contribution is 2.17. The summed E-state index contributed by atoms with van der Waals surface area (Å²) in [5.74, 6) is 0.370. The SMILES string of the molecule is CCCCCCCCCCCCCCC(C)C/C=C(\C)C(N)=O. The number of carbonyl (C=O) groups excluding carboxylic acids is 1. The average molecular weight is 324 g/mol. The molecule has 0 aliphatic heterocycles. The van der Waals surface area contributed by atoms with Crippen LogP contribution in [0.3, 0.4) is 0 Å². The van der Waals surface area contributed by atoms with Crippen molar-refractivity contribution in [1.82, 2.24) is 0 Å². The van der Waals surface area contributed by atoms with Crippen molar-refractivity contribution in [2.45, 2.75) is 111 Å². The lowest BCUT2D eigenvalue weighted by atomic mass is 9.97. The topological polar surface area (TPSA) is 43.1 Å². The first kappa shape index (κ1) is 22.2. The molecule has 136 valence electrons. The quantitative estimate of drug-likeness (QED) is 0.254. The predicted molar refractivity (Wildman–Crippen MR) is 102 cm³/mol. The molecular weight excluding hydrogens is 282 g/mol. The Labute approximate surface area is 145 Å². The second-order valence-corrected chi connectivity index (χ2v) is 7.27. The van der Waals surface area contributed by atoms with Gasteiger partial charge < -0.3 is 5.73 Å². The molecule has 0 aliphatic rings. The van der Waals surface area contributed by atoms with Gasteiger partial charge in [0.15, 0.2) is 0 Å². The summed E-state index contributed by atoms with van der Waals surface area (Å²) >= 11 is 0. The van der Waals surface area contributed by atoms with E-state index in [1.807, 2.05) is 6.08 Å². The van der Waals surface area contributed by atoms with Gasteiger partial charge in [-0.2, -0.15) is 0 Å². The van der Waals surface area contributed by atoms with E-state index in [0.717, 1.165) is 6.42 Å². The third kappa shape index (κ3) is 15.9. The molecule has 1 amide bonds. The Bertz CT molecular complexity index is 309. The highest BCUT2D eigenvalue weighted by molar-refractivity contribution is 5.91. The van der Waals surface area contributed by atoms with Crippen LogP contribution in [0, 0.1) is 5.92 Å². The smallest absolute Gasteiger partial charge is 0.244 e. The summed E-state index contributed by atoms with van der Waals surface area (Å²) in [5, 5.41) is 0. The van der Waals surface area contributed by atoms with Crippen molar-refractivity contribution in [2.75, 3.05) is 0 Å². The zero-order valence-electron chi connectivity index (χ0n) is 16.0. The van der Waals surface area contributed by atoms with Gasteiger partial charge in [0.25, 0.3) is 0 Å². The molecule has 1 atom stereocenters. The average Bonchev–Trinajstić information content (AvgIpc) is 2.53. The van der Waals surface area contributed by atoms with E-state index in [4.69, 9.17) is 5.73 Å². The van der Waals surface area contributed by atoms with Crippen LogP contribution >= 0.6 is 0 Å². The zero-order chi connectivity index (χ0) is 17.3. The molecule has 0 saturated heterocycles. The summed E-state index contributed by atoms with van der Waals surface area (Å²) < 4.78 is 0. The van der Waals surface area contributed by atoms with Gasteiger partial charge in [-0.1, -0.05) is 103 Å². The van der Waals surface area contributed by atoms with Crippen molar-refractivity contribution in [2.24, 2.45) is 11.7 Å². The number of nitrogens with two attached hydrogens (primary N) is 1. The third-order valence-electron chi connectivity index (χ3n) is 4.77. The molecule has 1 unspecified atom stereocenters. The first-order valence-electron chi connectivity index (χ1n) is 10.0. The van der Waals surface area contributed by atoms with Crippen LogP contribution in [-0.2, 0) is 4.79 Å². The number of hydrogen-bond acceptors (Lipinski definition) is 1. The molecule has 0 radical (unpaired) electrons. The van der Waals surface area contributed by atoms with E-state index < -0.39 is 0 Å². The minimum atomic E-state index is -0.289. The van der Waals surface area contributed by atoms with Crippen molar-refractivity contribution in [3.63, 3.8) is 0 Å². The van der Waals surface area contributed by atoms with Gasteiger partial charge in [-0.05, 0) is 19.3 Å². The molecule has 23 heavy (non-hydrogen) atoms. The van der Waals surface area contributed by atoms with Gasteiger partial charge in [-0.3, -0.25) is 4.79 Å². The number of rotatable bonds is 16. The summed E-state index contributed by atoms with van der Waals surface area (Å²) in [6.45, 7) is 6.35. The normalized spacial score (nSPS) is 13.3. The highest BCUT2D eigenvalue weighted by Gasteiger charge is 2.02. The van der Waals surface area contributed by atoms with Gasteiger partial charge in [0.1, 0.15) is 0 Å². The maximum atomic E-state index is 10.9. The van der Waals surface area contributed by atoms with Crippen LogP contribution in [0.2, 0.25) is 0 Å². The molecule has 2 N–H and O–H groups in total. The van der Waals surface area contributed by atoms with E-state index in [1.165, 1.54) is 83.5 Å². The molecule has 0 aromatic heterocycles. The molecule has 0 aromatic rings. The molecule has 2 heteroatoms. The summed E-state index contributed by atoms with van der Waals surface area (Å²) in [6.07, 6.45) is 21.1. The summed E-state index contributed by atoms with van der Waals surface area (Å²) in [7, 11) is 0. The first-order chi connectivity index (χ1) is 11.1. The Kier molecular flexibility index (Phi) is 15.5. The van der Waals surface area contributed by atoms with E-state index in [2.05, 4.69) is 13.8 Å². The Morgan fingerprint density at radius 2 is 1.30 bits per heavy atom. The maximum Gasteiger partial charge on any atom is 0.244 e. The van der Waals surface area contributed by atoms with Gasteiger partial charge in [0.05, 0.1) is 0 Å². The monoisotopic (exact) mass is 323 g/mol. The molecule has 0 saturated carbocycles. The molecule has 0 heterocycles. The Morgan fingerprint density at radius 1 is 0.870 bits per heavy atom. The molecule has 0 aromatic carbocycles. The number of hydrogen-bond donors (Lipinski definition) is 1. The highest BCUT2D eigenvalue weighted by atomic mass is 16.1. The van der Waals surface area contributed by atoms with Crippen LogP contribution in [0.4, 0.5) is 0 Å². The lowest BCUT2D eigenvalue weighted by Gasteiger charge is -2.09. The summed E-state index contributed by atoms with van der Waals surface area (Å²) in [4.78, 5) is 10.9. The van der Waals surface area contributed by atoms with Crippen LogP contribution in [0.15, 0.2) is 11.6 Å². The van der Waals surface area contributed by atoms with Gasteiger partial charge in [-0.25, -0.2) is 0 Å². The van der Waals surface area contributed by atoms with Crippen molar-refractivity contribution >= 4 is 5.91 Å². The van der Waals surface area contributed by atoms with Crippen LogP contribution in [-0.4, -0.2) is 5.91 Å². The van der Waals surface area contributed by atoms with Crippen LogP contribution in [0.5, 0.6) is 0 Å². The largest absolute Gasteiger partial charge is 0.366 e. The van der Waals surface area contributed by atoms with E-state index in [0.29, 0.717) is 11.5 Å². The second-order valence-electron chi connectivity index (χ2n) is 7.27. The van der Waals surface area contributed by atoms with Crippen LogP contribution in [0.1, 0.15) is 111 Å². The molecule has 0 fully saturated rings. The number of carbonyl (C=O) groups is 1. The molecule has 2 nitrogen and oxygen atoms in total. The van der Waals surface area contributed by atoms with Gasteiger partial charge >= 0.3 is 0 Å². The third-order valence-corrected chi connectivity index (χ3v) is 4.77. The van der Waals surface area contributed by atoms with E-state index in [-0.39, 0.29) is 5.91 Å². The number of primary amides is 1. The van der Waals surface area contributed by atoms with Crippen molar-refractivity contribution in [1.29, 1.82) is 0 Å². The van der Waals surface area contributed by atoms with E-state index >= 15 is 0 Å². The van der Waals surface area contributed by atoms with E-state index in [1.54, 1.807) is 6.92 Å². The number of allylic oxidation sites excluding steroid dienone is 1. The lowest BCUT2D eigenvalue weighted by molar-refractivity contribution is -0.114. The molecule has 0 aliphatic carbocycles. The first-order valence-corrected chi connectivity index (χ1v) is 10.0.